The van der Waals surface area contributed by atoms with Crippen molar-refractivity contribution in [1.29, 1.82) is 0 Å². The molecule has 0 radical (unpaired) electrons. The van der Waals surface area contributed by atoms with Crippen LogP contribution in [0.25, 0.3) is 0 Å². The number of carboxylic acid groups (broad SMARTS) is 1. The maximum Gasteiger partial charge on any atom is 0.320 e. The standard InChI is InChI=1S/C31H42F2N2O3/c1-22(2)17-29(30(36)37)35-20-25(26(21-35)24-8-4-3-5-9-24)19-34-15-13-31(38,14-16-34)12-6-7-23-10-11-27(32)28(33)18-23/h3-5,8-11,18,22,25-26,29,38H,6-7,12-17,19-21H2,1-2H3,(H,36,37). The predicted octanol–water partition coefficient (Wildman–Crippen LogP) is 5.33. The number of nitrogens with zero attached hydrogens (tertiary/aromatic N) is 2. The van der Waals surface area contributed by atoms with Crippen LogP contribution in [0.1, 0.15) is 63.0 Å². The summed E-state index contributed by atoms with van der Waals surface area (Å²) in [5.74, 6) is -1.48. The zero-order valence-electron chi connectivity index (χ0n) is 22.7. The minimum absolute atomic E-state index is 0.280. The van der Waals surface area contributed by atoms with Gasteiger partial charge in [0.15, 0.2) is 11.6 Å². The van der Waals surface area contributed by atoms with Crippen molar-refractivity contribution in [1.82, 2.24) is 9.80 Å². The van der Waals surface area contributed by atoms with Gasteiger partial charge in [-0.05, 0) is 73.6 Å². The molecule has 0 aliphatic carbocycles. The molecule has 0 saturated carbocycles. The minimum Gasteiger partial charge on any atom is -0.480 e. The minimum atomic E-state index is -0.835. The van der Waals surface area contributed by atoms with Crippen molar-refractivity contribution < 1.29 is 23.8 Å². The molecule has 2 aliphatic rings. The van der Waals surface area contributed by atoms with Crippen LogP contribution in [0.15, 0.2) is 48.5 Å². The number of hydrogen-bond acceptors (Lipinski definition) is 4. The van der Waals surface area contributed by atoms with E-state index < -0.39 is 29.2 Å². The van der Waals surface area contributed by atoms with Gasteiger partial charge in [0.1, 0.15) is 6.04 Å². The Morgan fingerprint density at radius 2 is 1.76 bits per heavy atom. The first-order valence-corrected chi connectivity index (χ1v) is 14.0. The fraction of sp³-hybridized carbons (Fsp3) is 0.581. The Kier molecular flexibility index (Phi) is 9.55. The van der Waals surface area contributed by atoms with E-state index in [4.69, 9.17) is 0 Å². The van der Waals surface area contributed by atoms with Gasteiger partial charge in [0.05, 0.1) is 5.60 Å². The quantitative estimate of drug-likeness (QED) is 0.413. The summed E-state index contributed by atoms with van der Waals surface area (Å²) in [5.41, 5.74) is 1.28. The lowest BCUT2D eigenvalue weighted by molar-refractivity contribution is -0.143. The summed E-state index contributed by atoms with van der Waals surface area (Å²) >= 11 is 0. The Hall–Kier alpha value is -2.35. The average molecular weight is 529 g/mol. The summed E-state index contributed by atoms with van der Waals surface area (Å²) in [6, 6.07) is 14.0. The molecular formula is C31H42F2N2O3. The third-order valence-electron chi connectivity index (χ3n) is 8.49. The molecule has 5 nitrogen and oxygen atoms in total. The number of aliphatic hydroxyl groups is 1. The molecule has 7 heteroatoms. The molecule has 4 rings (SSSR count). The number of piperidine rings is 1. The van der Waals surface area contributed by atoms with Crippen molar-refractivity contribution in [2.24, 2.45) is 11.8 Å². The number of hydrogen-bond donors (Lipinski definition) is 2. The Morgan fingerprint density at radius 1 is 1.05 bits per heavy atom. The maximum atomic E-state index is 13.5. The number of carbonyl (C=O) groups is 1. The van der Waals surface area contributed by atoms with E-state index in [9.17, 15) is 23.8 Å². The first kappa shape index (κ1) is 28.7. The predicted molar refractivity (Wildman–Crippen MR) is 145 cm³/mol. The Morgan fingerprint density at radius 3 is 2.39 bits per heavy atom. The lowest BCUT2D eigenvalue weighted by Gasteiger charge is -2.40. The van der Waals surface area contributed by atoms with E-state index in [1.807, 2.05) is 6.07 Å². The van der Waals surface area contributed by atoms with Crippen LogP contribution in [0.2, 0.25) is 0 Å². The second kappa shape index (κ2) is 12.7. The number of halogens is 2. The molecule has 2 heterocycles. The van der Waals surface area contributed by atoms with E-state index in [0.717, 1.165) is 50.8 Å². The number of carboxylic acids is 1. The van der Waals surface area contributed by atoms with Gasteiger partial charge in [0, 0.05) is 38.6 Å². The van der Waals surface area contributed by atoms with Crippen LogP contribution in [0.4, 0.5) is 8.78 Å². The highest BCUT2D eigenvalue weighted by atomic mass is 19.2. The molecule has 0 amide bonds. The van der Waals surface area contributed by atoms with Gasteiger partial charge in [-0.15, -0.1) is 0 Å². The first-order valence-electron chi connectivity index (χ1n) is 14.0. The van der Waals surface area contributed by atoms with Crippen LogP contribution in [0, 0.1) is 23.5 Å². The van der Waals surface area contributed by atoms with E-state index in [1.54, 1.807) is 6.07 Å². The van der Waals surface area contributed by atoms with E-state index in [-0.39, 0.29) is 5.92 Å². The average Bonchev–Trinajstić information content (AvgIpc) is 3.30. The van der Waals surface area contributed by atoms with Gasteiger partial charge in [0.2, 0.25) is 0 Å². The molecule has 2 aromatic rings. The summed E-state index contributed by atoms with van der Waals surface area (Å²) in [4.78, 5) is 16.7. The van der Waals surface area contributed by atoms with Gasteiger partial charge < -0.3 is 15.1 Å². The van der Waals surface area contributed by atoms with Crippen LogP contribution in [0.5, 0.6) is 0 Å². The van der Waals surface area contributed by atoms with Crippen molar-refractivity contribution in [3.05, 3.63) is 71.3 Å². The number of aryl methyl sites for hydroxylation is 1. The van der Waals surface area contributed by atoms with Crippen LogP contribution >= 0.6 is 0 Å². The van der Waals surface area contributed by atoms with Crippen molar-refractivity contribution in [2.75, 3.05) is 32.7 Å². The van der Waals surface area contributed by atoms with Crippen LogP contribution in [-0.2, 0) is 11.2 Å². The molecule has 0 spiro atoms. The van der Waals surface area contributed by atoms with Crippen molar-refractivity contribution in [2.45, 2.75) is 69.9 Å². The third-order valence-corrected chi connectivity index (χ3v) is 8.49. The second-order valence-corrected chi connectivity index (χ2v) is 11.8. The molecule has 2 N–H and O–H groups in total. The highest BCUT2D eigenvalue weighted by molar-refractivity contribution is 5.73. The van der Waals surface area contributed by atoms with Gasteiger partial charge in [-0.1, -0.05) is 50.2 Å². The summed E-state index contributed by atoms with van der Waals surface area (Å²) < 4.78 is 26.7. The number of rotatable bonds is 11. The molecule has 208 valence electrons. The lowest BCUT2D eigenvalue weighted by atomic mass is 9.84. The molecule has 3 unspecified atom stereocenters. The van der Waals surface area contributed by atoms with E-state index in [2.05, 4.69) is 47.9 Å². The topological polar surface area (TPSA) is 64.0 Å². The normalized spacial score (nSPS) is 23.1. The SMILES string of the molecule is CC(C)CC(C(=O)O)N1CC(CN2CCC(O)(CCCc3ccc(F)c(F)c3)CC2)C(c2ccccc2)C1. The number of aliphatic carboxylic acids is 1. The summed E-state index contributed by atoms with van der Waals surface area (Å²) in [6.45, 7) is 8.14. The van der Waals surface area contributed by atoms with Crippen molar-refractivity contribution >= 4 is 5.97 Å². The highest BCUT2D eigenvalue weighted by Gasteiger charge is 2.41. The van der Waals surface area contributed by atoms with Crippen LogP contribution in [-0.4, -0.2) is 70.3 Å². The molecule has 2 aromatic carbocycles. The zero-order valence-corrected chi connectivity index (χ0v) is 22.7. The van der Waals surface area contributed by atoms with Gasteiger partial charge in [-0.3, -0.25) is 9.69 Å². The van der Waals surface area contributed by atoms with E-state index >= 15 is 0 Å². The Labute approximate surface area is 225 Å². The molecule has 2 fully saturated rings. The fourth-order valence-electron chi connectivity index (χ4n) is 6.32. The highest BCUT2D eigenvalue weighted by Crippen LogP contribution is 2.37. The van der Waals surface area contributed by atoms with E-state index in [1.165, 1.54) is 11.6 Å². The molecule has 38 heavy (non-hydrogen) atoms. The van der Waals surface area contributed by atoms with Crippen LogP contribution < -0.4 is 0 Å². The molecule has 0 bridgehead atoms. The molecule has 3 atom stereocenters. The summed E-state index contributed by atoms with van der Waals surface area (Å²) in [7, 11) is 0. The van der Waals surface area contributed by atoms with E-state index in [0.29, 0.717) is 43.9 Å². The molecule has 0 aromatic heterocycles. The largest absolute Gasteiger partial charge is 0.480 e. The van der Waals surface area contributed by atoms with Crippen molar-refractivity contribution in [3.63, 3.8) is 0 Å². The monoisotopic (exact) mass is 528 g/mol. The lowest BCUT2D eigenvalue weighted by Crippen LogP contribution is -2.46. The summed E-state index contributed by atoms with van der Waals surface area (Å²) in [5, 5.41) is 21.1. The second-order valence-electron chi connectivity index (χ2n) is 11.8. The summed E-state index contributed by atoms with van der Waals surface area (Å²) in [6.07, 6.45) is 3.98. The Balaban J connectivity index is 1.34. The van der Waals surface area contributed by atoms with Gasteiger partial charge >= 0.3 is 5.97 Å². The Bertz CT molecular complexity index is 1060. The first-order chi connectivity index (χ1) is 18.1. The number of likely N-dealkylation sites (tertiary alicyclic amines) is 2. The van der Waals surface area contributed by atoms with Gasteiger partial charge in [0.25, 0.3) is 0 Å². The van der Waals surface area contributed by atoms with Crippen molar-refractivity contribution in [3.8, 4) is 0 Å². The molecular weight excluding hydrogens is 486 g/mol. The smallest absolute Gasteiger partial charge is 0.320 e. The molecule has 2 saturated heterocycles. The maximum absolute atomic E-state index is 13.5. The fourth-order valence-corrected chi connectivity index (χ4v) is 6.32. The third kappa shape index (κ3) is 7.39. The van der Waals surface area contributed by atoms with Gasteiger partial charge in [-0.25, -0.2) is 8.78 Å². The van der Waals surface area contributed by atoms with Gasteiger partial charge in [-0.2, -0.15) is 0 Å². The number of benzene rings is 2. The molecule has 2 aliphatic heterocycles. The zero-order chi connectivity index (χ0) is 27.3. The van der Waals surface area contributed by atoms with Crippen LogP contribution in [0.3, 0.4) is 0 Å².